The topological polar surface area (TPSA) is 20.2 Å². The van der Waals surface area contributed by atoms with Crippen LogP contribution in [-0.2, 0) is 0 Å². The zero-order valence-corrected chi connectivity index (χ0v) is 12.5. The predicted octanol–water partition coefficient (Wildman–Crippen LogP) is 3.58. The van der Waals surface area contributed by atoms with Crippen molar-refractivity contribution >= 4 is 87.0 Å². The van der Waals surface area contributed by atoms with E-state index in [-0.39, 0.29) is 40.3 Å². The van der Waals surface area contributed by atoms with E-state index >= 15 is 0 Å². The second kappa shape index (κ2) is 5.49. The molecule has 0 saturated carbocycles. The van der Waals surface area contributed by atoms with Gasteiger partial charge in [-0.2, -0.15) is 0 Å². The number of rotatable bonds is 0. The first-order valence-electron chi connectivity index (χ1n) is 2.56. The van der Waals surface area contributed by atoms with E-state index in [1.807, 2.05) is 22.6 Å². The van der Waals surface area contributed by atoms with Gasteiger partial charge in [0.05, 0.1) is 18.6 Å². The van der Waals surface area contributed by atoms with Gasteiger partial charge in [-0.3, -0.25) is 0 Å². The van der Waals surface area contributed by atoms with E-state index in [9.17, 15) is 5.11 Å². The Balaban J connectivity index is 0.00000121. The second-order valence-electron chi connectivity index (χ2n) is 1.82. The molecule has 0 aliphatic carbocycles. The van der Waals surface area contributed by atoms with Crippen molar-refractivity contribution < 1.29 is 5.11 Å². The zero-order valence-electron chi connectivity index (χ0n) is 6.04. The molecule has 1 rings (SSSR count). The standard InChI is InChI=1S/C6H2Cl3IO.Na/c7-2-1-3(8)6(11)5(10)4(2)9;/h1,11H;. The minimum Gasteiger partial charge on any atom is -0.505 e. The number of phenolic OH excluding ortho intramolecular Hbond substituents is 1. The monoisotopic (exact) mass is 345 g/mol. The third kappa shape index (κ3) is 2.80. The average molecular weight is 346 g/mol. The maximum absolute atomic E-state index is 9.23. The molecule has 0 fully saturated rings. The molecule has 0 aliphatic heterocycles. The fraction of sp³-hybridized carbons (Fsp3) is 0. The van der Waals surface area contributed by atoms with Gasteiger partial charge in [-0.25, -0.2) is 0 Å². The van der Waals surface area contributed by atoms with Gasteiger partial charge in [0, 0.05) is 29.6 Å². The van der Waals surface area contributed by atoms with Crippen molar-refractivity contribution in [2.24, 2.45) is 0 Å². The van der Waals surface area contributed by atoms with Crippen molar-refractivity contribution in [1.29, 1.82) is 0 Å². The first-order valence-corrected chi connectivity index (χ1v) is 4.77. The first-order chi connectivity index (χ1) is 5.04. The van der Waals surface area contributed by atoms with Crippen molar-refractivity contribution in [3.63, 3.8) is 0 Å². The fourth-order valence-electron chi connectivity index (χ4n) is 0.557. The number of hydrogen-bond acceptors (Lipinski definition) is 1. The van der Waals surface area contributed by atoms with Crippen LogP contribution >= 0.6 is 57.4 Å². The quantitative estimate of drug-likeness (QED) is 0.330. The minimum absolute atomic E-state index is 0. The fourth-order valence-corrected chi connectivity index (χ4v) is 2.06. The van der Waals surface area contributed by atoms with Crippen LogP contribution in [0.2, 0.25) is 15.1 Å². The Morgan fingerprint density at radius 1 is 1.17 bits per heavy atom. The van der Waals surface area contributed by atoms with Crippen LogP contribution in [0.4, 0.5) is 0 Å². The van der Waals surface area contributed by atoms with Crippen molar-refractivity contribution in [2.75, 3.05) is 0 Å². The molecule has 1 aromatic rings. The molecule has 1 radical (unpaired) electrons. The van der Waals surface area contributed by atoms with Gasteiger partial charge >= 0.3 is 0 Å². The van der Waals surface area contributed by atoms with Crippen molar-refractivity contribution in [3.8, 4) is 5.75 Å². The van der Waals surface area contributed by atoms with Crippen LogP contribution in [0.25, 0.3) is 0 Å². The molecule has 0 aliphatic rings. The summed E-state index contributed by atoms with van der Waals surface area (Å²) in [6.45, 7) is 0. The number of benzene rings is 1. The van der Waals surface area contributed by atoms with Crippen LogP contribution in [0.15, 0.2) is 6.07 Å². The average Bonchev–Trinajstić information content (AvgIpc) is 1.97. The predicted molar refractivity (Wildman–Crippen MR) is 61.6 cm³/mol. The van der Waals surface area contributed by atoms with Gasteiger partial charge < -0.3 is 5.11 Å². The third-order valence-electron chi connectivity index (χ3n) is 1.09. The summed E-state index contributed by atoms with van der Waals surface area (Å²) in [5, 5.41) is 10.1. The number of hydrogen-bond donors (Lipinski definition) is 1. The van der Waals surface area contributed by atoms with Gasteiger partial charge in [-0.15, -0.1) is 0 Å². The van der Waals surface area contributed by atoms with Crippen LogP contribution < -0.4 is 0 Å². The Labute approximate surface area is 121 Å². The number of halogens is 4. The van der Waals surface area contributed by atoms with Gasteiger partial charge in [0.2, 0.25) is 0 Å². The van der Waals surface area contributed by atoms with E-state index in [1.54, 1.807) is 0 Å². The molecule has 12 heavy (non-hydrogen) atoms. The SMILES string of the molecule is Oc1c(Cl)cc(Cl)c(Cl)c1I.[Na]. The second-order valence-corrected chi connectivity index (χ2v) is 4.09. The van der Waals surface area contributed by atoms with Crippen LogP contribution in [0.5, 0.6) is 5.75 Å². The van der Waals surface area contributed by atoms with Crippen LogP contribution in [0.3, 0.4) is 0 Å². The zero-order chi connectivity index (χ0) is 8.59. The Kier molecular flexibility index (Phi) is 6.23. The summed E-state index contributed by atoms with van der Waals surface area (Å²) >= 11 is 18.8. The summed E-state index contributed by atoms with van der Waals surface area (Å²) in [6.07, 6.45) is 0. The van der Waals surface area contributed by atoms with Gasteiger partial charge in [-0.05, 0) is 28.7 Å². The molecule has 0 spiro atoms. The molecule has 0 unspecified atom stereocenters. The Hall–Kier alpha value is 1.62. The van der Waals surface area contributed by atoms with Crippen molar-refractivity contribution in [2.45, 2.75) is 0 Å². The van der Waals surface area contributed by atoms with Crippen molar-refractivity contribution in [1.82, 2.24) is 0 Å². The van der Waals surface area contributed by atoms with E-state index in [2.05, 4.69) is 0 Å². The summed E-state index contributed by atoms with van der Waals surface area (Å²) in [5.41, 5.74) is 0. The van der Waals surface area contributed by atoms with Gasteiger partial charge in [0.1, 0.15) is 5.75 Å². The molecule has 0 atom stereocenters. The molecular formula is C6H2Cl3INaO. The summed E-state index contributed by atoms with van der Waals surface area (Å²) < 4.78 is 0.474. The molecule has 6 heteroatoms. The summed E-state index contributed by atoms with van der Waals surface area (Å²) in [7, 11) is 0. The molecule has 1 nitrogen and oxygen atoms in total. The molecule has 61 valence electrons. The number of phenols is 1. The molecule has 1 aromatic carbocycles. The smallest absolute Gasteiger partial charge is 0.149 e. The minimum atomic E-state index is -0.0262. The molecule has 1 N–H and O–H groups in total. The molecule has 0 bridgehead atoms. The number of aromatic hydroxyl groups is 1. The van der Waals surface area contributed by atoms with E-state index in [4.69, 9.17) is 34.8 Å². The van der Waals surface area contributed by atoms with Crippen LogP contribution in [0.1, 0.15) is 0 Å². The Morgan fingerprint density at radius 3 is 2.17 bits per heavy atom. The van der Waals surface area contributed by atoms with E-state index in [0.29, 0.717) is 13.6 Å². The van der Waals surface area contributed by atoms with Crippen molar-refractivity contribution in [3.05, 3.63) is 24.7 Å². The van der Waals surface area contributed by atoms with Gasteiger partial charge in [0.15, 0.2) is 0 Å². The van der Waals surface area contributed by atoms with Crippen LogP contribution in [-0.4, -0.2) is 34.7 Å². The Bertz CT molecular complexity index is 279. The van der Waals surface area contributed by atoms with E-state index in [1.165, 1.54) is 6.07 Å². The van der Waals surface area contributed by atoms with Crippen LogP contribution in [0, 0.1) is 3.57 Å². The maximum atomic E-state index is 9.23. The molecule has 0 heterocycles. The van der Waals surface area contributed by atoms with Gasteiger partial charge in [0.25, 0.3) is 0 Å². The first kappa shape index (κ1) is 13.6. The normalized spacial score (nSPS) is 9.33. The summed E-state index contributed by atoms with van der Waals surface area (Å²) in [4.78, 5) is 0. The molecule has 0 saturated heterocycles. The largest absolute Gasteiger partial charge is 0.505 e. The molecule has 0 amide bonds. The summed E-state index contributed by atoms with van der Waals surface area (Å²) in [6, 6.07) is 1.41. The molecule has 0 aromatic heterocycles. The molecular weight excluding hydrogens is 344 g/mol. The van der Waals surface area contributed by atoms with E-state index in [0.717, 1.165) is 0 Å². The maximum Gasteiger partial charge on any atom is 0.149 e. The summed E-state index contributed by atoms with van der Waals surface area (Å²) in [5.74, 6) is -0.0262. The van der Waals surface area contributed by atoms with E-state index < -0.39 is 0 Å². The Morgan fingerprint density at radius 2 is 1.67 bits per heavy atom. The third-order valence-corrected chi connectivity index (χ3v) is 3.53. The van der Waals surface area contributed by atoms with Gasteiger partial charge in [-0.1, -0.05) is 34.8 Å².